The van der Waals surface area contributed by atoms with E-state index in [1.54, 1.807) is 0 Å². The van der Waals surface area contributed by atoms with Crippen molar-refractivity contribution in [3.05, 3.63) is 29.8 Å². The molecule has 0 amide bonds. The molecule has 0 radical (unpaired) electrons. The zero-order valence-corrected chi connectivity index (χ0v) is 12.0. The van der Waals surface area contributed by atoms with Crippen molar-refractivity contribution in [1.82, 2.24) is 4.90 Å². The number of benzene rings is 1. The lowest BCUT2D eigenvalue weighted by atomic mass is 10.1. The minimum atomic E-state index is 0.377. The predicted octanol–water partition coefficient (Wildman–Crippen LogP) is 2.81. The van der Waals surface area contributed by atoms with Crippen molar-refractivity contribution in [3.63, 3.8) is 0 Å². The molecule has 0 bridgehead atoms. The number of ether oxygens (including phenoxy) is 1. The van der Waals surface area contributed by atoms with Gasteiger partial charge < -0.3 is 4.74 Å². The lowest BCUT2D eigenvalue weighted by Gasteiger charge is -2.36. The zero-order valence-electron chi connectivity index (χ0n) is 11.1. The highest BCUT2D eigenvalue weighted by Gasteiger charge is 2.28. The molecule has 18 heavy (non-hydrogen) atoms. The van der Waals surface area contributed by atoms with Crippen LogP contribution in [-0.2, 0) is 11.2 Å². The number of nitrogens with zero attached hydrogens (tertiary/aromatic N) is 1. The first-order chi connectivity index (χ1) is 8.70. The molecule has 3 atom stereocenters. The van der Waals surface area contributed by atoms with E-state index in [0.717, 1.165) is 18.3 Å². The smallest absolute Gasteiger partial charge is 0.0678 e. The Balaban J connectivity index is 1.59. The summed E-state index contributed by atoms with van der Waals surface area (Å²) in [6, 6.07) is 8.82. The van der Waals surface area contributed by atoms with Crippen LogP contribution in [0.15, 0.2) is 29.2 Å². The fourth-order valence-corrected chi connectivity index (χ4v) is 4.44. The average Bonchev–Trinajstić information content (AvgIpc) is 2.69. The molecule has 2 heterocycles. The van der Waals surface area contributed by atoms with Gasteiger partial charge in [0.25, 0.3) is 0 Å². The maximum absolute atomic E-state index is 5.79. The van der Waals surface area contributed by atoms with Gasteiger partial charge in [0.15, 0.2) is 0 Å². The molecule has 3 heteroatoms. The van der Waals surface area contributed by atoms with E-state index >= 15 is 0 Å². The molecule has 1 aromatic rings. The first-order valence-electron chi connectivity index (χ1n) is 6.83. The summed E-state index contributed by atoms with van der Waals surface area (Å²) >= 11 is 2.05. The third-order valence-electron chi connectivity index (χ3n) is 3.67. The first kappa shape index (κ1) is 12.5. The van der Waals surface area contributed by atoms with Gasteiger partial charge in [-0.2, -0.15) is 0 Å². The van der Waals surface area contributed by atoms with E-state index in [9.17, 15) is 0 Å². The highest BCUT2D eigenvalue weighted by atomic mass is 32.2. The van der Waals surface area contributed by atoms with Gasteiger partial charge in [0.1, 0.15) is 0 Å². The molecule has 0 saturated carbocycles. The predicted molar refractivity (Wildman–Crippen MR) is 76.2 cm³/mol. The summed E-state index contributed by atoms with van der Waals surface area (Å²) < 4.78 is 5.79. The largest absolute Gasteiger partial charge is 0.373 e. The molecular formula is C15H21NOS. The van der Waals surface area contributed by atoms with Crippen LogP contribution in [0.1, 0.15) is 19.4 Å². The SMILES string of the molecule is C[C@@H]1CN(CC2Cc3ccccc3S2)C[C@H](C)O1. The fraction of sp³-hybridized carbons (Fsp3) is 0.600. The molecule has 3 rings (SSSR count). The van der Waals surface area contributed by atoms with E-state index in [-0.39, 0.29) is 0 Å². The van der Waals surface area contributed by atoms with Gasteiger partial charge >= 0.3 is 0 Å². The zero-order chi connectivity index (χ0) is 12.5. The van der Waals surface area contributed by atoms with Gasteiger partial charge in [0, 0.05) is 29.8 Å². The Bertz CT molecular complexity index is 388. The third-order valence-corrected chi connectivity index (χ3v) is 4.97. The second kappa shape index (κ2) is 5.24. The number of morpholine rings is 1. The Morgan fingerprint density at radius 3 is 2.67 bits per heavy atom. The highest BCUT2D eigenvalue weighted by Crippen LogP contribution is 2.37. The van der Waals surface area contributed by atoms with Crippen molar-refractivity contribution >= 4 is 11.8 Å². The molecule has 1 saturated heterocycles. The lowest BCUT2D eigenvalue weighted by molar-refractivity contribution is -0.0675. The molecule has 2 nitrogen and oxygen atoms in total. The van der Waals surface area contributed by atoms with Gasteiger partial charge in [-0.05, 0) is 31.9 Å². The number of hydrogen-bond acceptors (Lipinski definition) is 3. The average molecular weight is 263 g/mol. The minimum absolute atomic E-state index is 0.377. The Kier molecular flexibility index (Phi) is 3.64. The molecule has 98 valence electrons. The number of rotatable bonds is 2. The van der Waals surface area contributed by atoms with Crippen LogP contribution in [-0.4, -0.2) is 42.0 Å². The Morgan fingerprint density at radius 1 is 1.22 bits per heavy atom. The molecule has 2 aliphatic heterocycles. The molecule has 0 N–H and O–H groups in total. The standard InChI is InChI=1S/C15H21NOS/c1-11-8-16(9-12(2)17-11)10-14-7-13-5-3-4-6-15(13)18-14/h3-6,11-12,14H,7-10H2,1-2H3/t11-,12+,14?. The molecule has 1 unspecified atom stereocenters. The van der Waals surface area contributed by atoms with Crippen molar-refractivity contribution in [2.24, 2.45) is 0 Å². The van der Waals surface area contributed by atoms with Gasteiger partial charge in [0.2, 0.25) is 0 Å². The molecule has 1 aromatic carbocycles. The first-order valence-corrected chi connectivity index (χ1v) is 7.71. The van der Waals surface area contributed by atoms with Crippen LogP contribution in [0.2, 0.25) is 0 Å². The molecule has 1 fully saturated rings. The van der Waals surface area contributed by atoms with Crippen molar-refractivity contribution in [3.8, 4) is 0 Å². The summed E-state index contributed by atoms with van der Waals surface area (Å²) in [6.07, 6.45) is 1.98. The highest BCUT2D eigenvalue weighted by molar-refractivity contribution is 8.00. The van der Waals surface area contributed by atoms with Crippen molar-refractivity contribution in [2.75, 3.05) is 19.6 Å². The van der Waals surface area contributed by atoms with Gasteiger partial charge in [-0.15, -0.1) is 11.8 Å². The Labute approximate surface area is 114 Å². The van der Waals surface area contributed by atoms with E-state index in [1.807, 2.05) is 11.8 Å². The summed E-state index contributed by atoms with van der Waals surface area (Å²) in [7, 11) is 0. The van der Waals surface area contributed by atoms with Crippen LogP contribution >= 0.6 is 11.8 Å². The van der Waals surface area contributed by atoms with Crippen LogP contribution in [0.3, 0.4) is 0 Å². The van der Waals surface area contributed by atoms with Gasteiger partial charge in [-0.3, -0.25) is 4.90 Å². The van der Waals surface area contributed by atoms with Crippen LogP contribution in [0.4, 0.5) is 0 Å². The monoisotopic (exact) mass is 263 g/mol. The molecule has 0 aromatic heterocycles. The molecular weight excluding hydrogens is 242 g/mol. The van der Waals surface area contributed by atoms with Gasteiger partial charge in [-0.25, -0.2) is 0 Å². The van der Waals surface area contributed by atoms with E-state index in [2.05, 4.69) is 43.0 Å². The summed E-state index contributed by atoms with van der Waals surface area (Å²) in [4.78, 5) is 4.06. The second-order valence-corrected chi connectivity index (χ2v) is 6.87. The van der Waals surface area contributed by atoms with Crippen molar-refractivity contribution in [1.29, 1.82) is 0 Å². The summed E-state index contributed by atoms with van der Waals surface area (Å²) in [5.41, 5.74) is 1.53. The summed E-state index contributed by atoms with van der Waals surface area (Å²) in [6.45, 7) is 7.71. The maximum Gasteiger partial charge on any atom is 0.0678 e. The quantitative estimate of drug-likeness (QED) is 0.814. The van der Waals surface area contributed by atoms with E-state index in [1.165, 1.54) is 23.4 Å². The Morgan fingerprint density at radius 2 is 1.94 bits per heavy atom. The van der Waals surface area contributed by atoms with Crippen LogP contribution in [0.5, 0.6) is 0 Å². The topological polar surface area (TPSA) is 12.5 Å². The number of thioether (sulfide) groups is 1. The second-order valence-electron chi connectivity index (χ2n) is 5.53. The van der Waals surface area contributed by atoms with Gasteiger partial charge in [-0.1, -0.05) is 18.2 Å². The van der Waals surface area contributed by atoms with E-state index in [4.69, 9.17) is 4.74 Å². The molecule has 0 spiro atoms. The third kappa shape index (κ3) is 2.73. The van der Waals surface area contributed by atoms with Crippen LogP contribution in [0.25, 0.3) is 0 Å². The number of fused-ring (bicyclic) bond motifs is 1. The summed E-state index contributed by atoms with van der Waals surface area (Å²) in [5, 5.41) is 0.722. The molecule has 0 aliphatic carbocycles. The maximum atomic E-state index is 5.79. The molecule has 2 aliphatic rings. The van der Waals surface area contributed by atoms with E-state index in [0.29, 0.717) is 12.2 Å². The Hall–Kier alpha value is -0.510. The van der Waals surface area contributed by atoms with Crippen molar-refractivity contribution < 1.29 is 4.74 Å². The van der Waals surface area contributed by atoms with Crippen LogP contribution in [0, 0.1) is 0 Å². The van der Waals surface area contributed by atoms with Crippen molar-refractivity contribution in [2.45, 2.75) is 42.6 Å². The van der Waals surface area contributed by atoms with Crippen LogP contribution < -0.4 is 0 Å². The number of hydrogen-bond donors (Lipinski definition) is 0. The minimum Gasteiger partial charge on any atom is -0.373 e. The lowest BCUT2D eigenvalue weighted by Crippen LogP contribution is -2.47. The normalized spacial score (nSPS) is 32.4. The fourth-order valence-electron chi connectivity index (χ4n) is 3.08. The summed E-state index contributed by atoms with van der Waals surface area (Å²) in [5.74, 6) is 0. The van der Waals surface area contributed by atoms with Gasteiger partial charge in [0.05, 0.1) is 12.2 Å². The van der Waals surface area contributed by atoms with E-state index < -0.39 is 0 Å².